The molecule has 1 heterocycles. The summed E-state index contributed by atoms with van der Waals surface area (Å²) in [7, 11) is -1.70. The van der Waals surface area contributed by atoms with Gasteiger partial charge in [-0.05, 0) is 31.2 Å². The molecule has 1 amide bonds. The highest BCUT2D eigenvalue weighted by molar-refractivity contribution is 7.84. The van der Waals surface area contributed by atoms with Crippen molar-refractivity contribution in [2.75, 3.05) is 17.1 Å². The van der Waals surface area contributed by atoms with E-state index in [-0.39, 0.29) is 11.5 Å². The van der Waals surface area contributed by atoms with Crippen molar-refractivity contribution in [3.05, 3.63) is 66.0 Å². The number of anilines is 2. The van der Waals surface area contributed by atoms with E-state index in [1.165, 1.54) is 30.5 Å². The zero-order chi connectivity index (χ0) is 19.4. The topological polar surface area (TPSA) is 98.0 Å². The second kappa shape index (κ2) is 8.05. The van der Waals surface area contributed by atoms with Gasteiger partial charge in [0.1, 0.15) is 0 Å². The molecule has 2 aromatic carbocycles. The maximum absolute atomic E-state index is 12.5. The van der Waals surface area contributed by atoms with Gasteiger partial charge in [-0.15, -0.1) is 0 Å². The third-order valence-electron chi connectivity index (χ3n) is 3.84. The molecular weight excluding hydrogens is 367 g/mol. The van der Waals surface area contributed by atoms with Gasteiger partial charge in [-0.25, -0.2) is 14.4 Å². The number of nitrogens with two attached hydrogens (primary N) is 1. The Labute approximate surface area is 158 Å². The lowest BCUT2D eigenvalue weighted by Crippen LogP contribution is -2.17. The van der Waals surface area contributed by atoms with Gasteiger partial charge in [-0.3, -0.25) is 9.00 Å². The highest BCUT2D eigenvalue weighted by atomic mass is 32.2. The maximum Gasteiger partial charge on any atom is 0.278 e. The number of carbonyl (C=O) groups is 1. The molecule has 3 rings (SSSR count). The van der Waals surface area contributed by atoms with Crippen LogP contribution >= 0.6 is 0 Å². The van der Waals surface area contributed by atoms with Crippen LogP contribution in [0.4, 0.5) is 15.9 Å². The number of rotatable bonds is 5. The highest BCUT2D eigenvalue weighted by Gasteiger charge is 2.15. The number of hydrogen-bond donors (Lipinski definition) is 2. The number of carbonyl (C=O) groups excluding carboxylic acids is 1. The third kappa shape index (κ3) is 4.35. The number of hydrogen-bond acceptors (Lipinski definition) is 5. The minimum absolute atomic E-state index is 0.00415. The van der Waals surface area contributed by atoms with E-state index < -0.39 is 22.7 Å². The molecule has 6 nitrogen and oxygen atoms in total. The summed E-state index contributed by atoms with van der Waals surface area (Å²) in [5.41, 5.74) is 8.72. The molecule has 0 radical (unpaired) electrons. The van der Waals surface area contributed by atoms with Gasteiger partial charge in [-0.1, -0.05) is 29.8 Å². The van der Waals surface area contributed by atoms with E-state index in [1.54, 1.807) is 0 Å². The summed E-state index contributed by atoms with van der Waals surface area (Å²) in [4.78, 5) is 21.3. The van der Waals surface area contributed by atoms with Gasteiger partial charge < -0.3 is 11.1 Å². The molecule has 1 atom stereocenters. The number of nitrogens with zero attached hydrogens (tertiary/aromatic N) is 2. The fourth-order valence-corrected chi connectivity index (χ4v) is 2.94. The van der Waals surface area contributed by atoms with Gasteiger partial charge in [-0.2, -0.15) is 0 Å². The number of aromatic nitrogens is 2. The first kappa shape index (κ1) is 18.7. The molecule has 0 fully saturated rings. The van der Waals surface area contributed by atoms with Crippen LogP contribution in [0.2, 0.25) is 0 Å². The zero-order valence-electron chi connectivity index (χ0n) is 14.5. The van der Waals surface area contributed by atoms with Gasteiger partial charge in [0.15, 0.2) is 17.5 Å². The van der Waals surface area contributed by atoms with Crippen molar-refractivity contribution in [3.63, 3.8) is 0 Å². The molecule has 0 saturated carbocycles. The van der Waals surface area contributed by atoms with Gasteiger partial charge in [0.25, 0.3) is 5.91 Å². The van der Waals surface area contributed by atoms with E-state index in [1.807, 2.05) is 31.2 Å². The Morgan fingerprint density at radius 2 is 1.81 bits per heavy atom. The largest absolute Gasteiger partial charge is 0.382 e. The Morgan fingerprint density at radius 1 is 1.15 bits per heavy atom. The number of amides is 1. The summed E-state index contributed by atoms with van der Waals surface area (Å²) in [6, 6.07) is 12.8. The molecule has 0 aliphatic carbocycles. The predicted molar refractivity (Wildman–Crippen MR) is 103 cm³/mol. The molecule has 3 N–H and O–H groups in total. The van der Waals surface area contributed by atoms with Crippen molar-refractivity contribution in [1.82, 2.24) is 9.97 Å². The van der Waals surface area contributed by atoms with Crippen LogP contribution in [-0.2, 0) is 10.8 Å². The predicted octanol–water partition coefficient (Wildman–Crippen LogP) is 3.32. The minimum atomic E-state index is -1.70. The second-order valence-electron chi connectivity index (χ2n) is 5.79. The average Bonchev–Trinajstić information content (AvgIpc) is 2.69. The molecule has 0 bridgehead atoms. The van der Waals surface area contributed by atoms with E-state index in [9.17, 15) is 13.4 Å². The molecule has 1 unspecified atom stereocenters. The smallest absolute Gasteiger partial charge is 0.278 e. The second-order valence-corrected chi connectivity index (χ2v) is 7.17. The van der Waals surface area contributed by atoms with Crippen LogP contribution in [-0.4, -0.2) is 26.1 Å². The number of nitrogens with one attached hydrogen (secondary N) is 1. The summed E-state index contributed by atoms with van der Waals surface area (Å²) >= 11 is 0. The minimum Gasteiger partial charge on any atom is -0.382 e. The first-order valence-electron chi connectivity index (χ1n) is 8.03. The van der Waals surface area contributed by atoms with Crippen LogP contribution in [0, 0.1) is 6.92 Å². The molecule has 0 aliphatic heterocycles. The summed E-state index contributed by atoms with van der Waals surface area (Å²) < 4.78 is 23.9. The zero-order valence-corrected chi connectivity index (χ0v) is 15.3. The molecular formula is C19H17FN4O2S. The third-order valence-corrected chi connectivity index (χ3v) is 4.83. The number of alkyl halides is 1. The summed E-state index contributed by atoms with van der Waals surface area (Å²) in [5, 5.41) is 2.66. The molecule has 27 heavy (non-hydrogen) atoms. The van der Waals surface area contributed by atoms with Crippen LogP contribution in [0.3, 0.4) is 0 Å². The van der Waals surface area contributed by atoms with E-state index in [4.69, 9.17) is 5.73 Å². The quantitative estimate of drug-likeness (QED) is 0.703. The monoisotopic (exact) mass is 384 g/mol. The van der Waals surface area contributed by atoms with Crippen molar-refractivity contribution in [1.29, 1.82) is 0 Å². The maximum atomic E-state index is 12.5. The number of aryl methyl sites for hydroxylation is 1. The standard InChI is InChI=1S/C19H17FN4O2S/c1-12-2-4-13(5-3-12)16-10-22-18(21)17(24-16)19(25)23-14-6-8-15(9-7-14)27(26)11-20/h2-10H,11H2,1H3,(H2,21,22)(H,23,25). The highest BCUT2D eigenvalue weighted by Crippen LogP contribution is 2.20. The fourth-order valence-electron chi connectivity index (χ4n) is 2.37. The Bertz CT molecular complexity index is 992. The lowest BCUT2D eigenvalue weighted by molar-refractivity contribution is 0.102. The molecule has 0 saturated heterocycles. The van der Waals surface area contributed by atoms with Crippen molar-refractivity contribution >= 4 is 28.2 Å². The van der Waals surface area contributed by atoms with Crippen LogP contribution in [0.1, 0.15) is 16.1 Å². The number of halogens is 1. The van der Waals surface area contributed by atoms with Crippen molar-refractivity contribution in [2.24, 2.45) is 0 Å². The van der Waals surface area contributed by atoms with Crippen LogP contribution in [0.15, 0.2) is 59.6 Å². The van der Waals surface area contributed by atoms with Gasteiger partial charge in [0, 0.05) is 16.1 Å². The normalized spacial score (nSPS) is 11.8. The fraction of sp³-hybridized carbons (Fsp3) is 0.105. The summed E-state index contributed by atoms with van der Waals surface area (Å²) in [6.07, 6.45) is 1.51. The molecule has 0 spiro atoms. The number of nitrogen functional groups attached to an aromatic ring is 1. The van der Waals surface area contributed by atoms with E-state index in [2.05, 4.69) is 15.3 Å². The molecule has 138 valence electrons. The average molecular weight is 384 g/mol. The summed E-state index contributed by atoms with van der Waals surface area (Å²) in [5.74, 6) is -0.508. The lowest BCUT2D eigenvalue weighted by Gasteiger charge is -2.09. The van der Waals surface area contributed by atoms with E-state index >= 15 is 0 Å². The Hall–Kier alpha value is -3.13. The molecule has 8 heteroatoms. The van der Waals surface area contributed by atoms with Crippen LogP contribution in [0.5, 0.6) is 0 Å². The Kier molecular flexibility index (Phi) is 5.56. The molecule has 3 aromatic rings. The first-order valence-corrected chi connectivity index (χ1v) is 9.35. The number of benzene rings is 2. The van der Waals surface area contributed by atoms with Crippen molar-refractivity contribution in [3.8, 4) is 11.3 Å². The van der Waals surface area contributed by atoms with E-state index in [0.717, 1.165) is 11.1 Å². The van der Waals surface area contributed by atoms with E-state index in [0.29, 0.717) is 16.3 Å². The van der Waals surface area contributed by atoms with Crippen molar-refractivity contribution in [2.45, 2.75) is 11.8 Å². The van der Waals surface area contributed by atoms with Crippen LogP contribution in [0.25, 0.3) is 11.3 Å². The van der Waals surface area contributed by atoms with Crippen molar-refractivity contribution < 1.29 is 13.4 Å². The van der Waals surface area contributed by atoms with Gasteiger partial charge in [0.05, 0.1) is 22.7 Å². The van der Waals surface area contributed by atoms with Gasteiger partial charge >= 0.3 is 0 Å². The first-order chi connectivity index (χ1) is 13.0. The lowest BCUT2D eigenvalue weighted by atomic mass is 10.1. The Morgan fingerprint density at radius 3 is 2.44 bits per heavy atom. The van der Waals surface area contributed by atoms with Crippen LogP contribution < -0.4 is 11.1 Å². The molecule has 1 aromatic heterocycles. The Balaban J connectivity index is 1.83. The molecule has 0 aliphatic rings. The van der Waals surface area contributed by atoms with Gasteiger partial charge in [0.2, 0.25) is 0 Å². The SMILES string of the molecule is Cc1ccc(-c2cnc(N)c(C(=O)Nc3ccc(S(=O)CF)cc3)n2)cc1. The summed E-state index contributed by atoms with van der Waals surface area (Å²) in [6.45, 7) is 1.98.